The number of hydrogen-bond donors (Lipinski definition) is 1. The number of aliphatic carboxylic acids is 1. The van der Waals surface area contributed by atoms with Crippen LogP contribution in [0.15, 0.2) is 24.5 Å². The summed E-state index contributed by atoms with van der Waals surface area (Å²) in [6.07, 6.45) is 8.97. The van der Waals surface area contributed by atoms with Crippen molar-refractivity contribution < 1.29 is 14.6 Å². The Kier molecular flexibility index (Phi) is 5.05. The van der Waals surface area contributed by atoms with E-state index in [1.54, 1.807) is 0 Å². The van der Waals surface area contributed by atoms with Gasteiger partial charge in [0.2, 0.25) is 0 Å². The molecule has 0 aromatic carbocycles. The molecule has 5 nitrogen and oxygen atoms in total. The average molecular weight is 304 g/mol. The molecule has 0 saturated carbocycles. The van der Waals surface area contributed by atoms with Crippen LogP contribution in [0.25, 0.3) is 0 Å². The molecule has 0 bridgehead atoms. The second-order valence-corrected chi connectivity index (χ2v) is 6.43. The largest absolute Gasteiger partial charge is 0.481 e. The van der Waals surface area contributed by atoms with Crippen LogP contribution in [-0.4, -0.2) is 52.8 Å². The Labute approximate surface area is 131 Å². The number of carboxylic acids is 1. The van der Waals surface area contributed by atoms with E-state index in [2.05, 4.69) is 9.88 Å². The molecule has 22 heavy (non-hydrogen) atoms. The second kappa shape index (κ2) is 7.20. The SMILES string of the molecule is O=C(O)C1CCN(C[C@H]2CC[C@@H](Cc3ccncc3)O2)CC1. The molecule has 120 valence electrons. The zero-order chi connectivity index (χ0) is 15.4. The Morgan fingerprint density at radius 1 is 1.18 bits per heavy atom. The maximum absolute atomic E-state index is 11.0. The number of nitrogens with zero attached hydrogens (tertiary/aromatic N) is 2. The van der Waals surface area contributed by atoms with Gasteiger partial charge in [0.1, 0.15) is 0 Å². The Balaban J connectivity index is 1.41. The number of piperidine rings is 1. The summed E-state index contributed by atoms with van der Waals surface area (Å²) in [7, 11) is 0. The Morgan fingerprint density at radius 3 is 2.55 bits per heavy atom. The highest BCUT2D eigenvalue weighted by molar-refractivity contribution is 5.70. The summed E-state index contributed by atoms with van der Waals surface area (Å²) >= 11 is 0. The van der Waals surface area contributed by atoms with E-state index in [0.29, 0.717) is 12.2 Å². The summed E-state index contributed by atoms with van der Waals surface area (Å²) in [5.74, 6) is -0.797. The van der Waals surface area contributed by atoms with Crippen LogP contribution in [0, 0.1) is 5.92 Å². The van der Waals surface area contributed by atoms with Crippen molar-refractivity contribution in [2.45, 2.75) is 44.3 Å². The number of carbonyl (C=O) groups is 1. The first-order valence-electron chi connectivity index (χ1n) is 8.20. The molecule has 0 aliphatic carbocycles. The number of aromatic nitrogens is 1. The van der Waals surface area contributed by atoms with Gasteiger partial charge in [0.15, 0.2) is 0 Å². The molecule has 2 saturated heterocycles. The Hall–Kier alpha value is -1.46. The van der Waals surface area contributed by atoms with E-state index in [-0.39, 0.29) is 5.92 Å². The predicted molar refractivity (Wildman–Crippen MR) is 82.6 cm³/mol. The lowest BCUT2D eigenvalue weighted by Crippen LogP contribution is -2.40. The molecule has 3 rings (SSSR count). The van der Waals surface area contributed by atoms with Crippen molar-refractivity contribution in [1.82, 2.24) is 9.88 Å². The fourth-order valence-corrected chi connectivity index (χ4v) is 3.50. The number of pyridine rings is 1. The number of rotatable bonds is 5. The smallest absolute Gasteiger partial charge is 0.306 e. The Morgan fingerprint density at radius 2 is 1.86 bits per heavy atom. The van der Waals surface area contributed by atoms with Crippen LogP contribution in [0.2, 0.25) is 0 Å². The van der Waals surface area contributed by atoms with E-state index >= 15 is 0 Å². The molecule has 0 spiro atoms. The summed E-state index contributed by atoms with van der Waals surface area (Å²) in [6, 6.07) is 4.10. The van der Waals surface area contributed by atoms with E-state index in [9.17, 15) is 4.79 Å². The van der Waals surface area contributed by atoms with Crippen LogP contribution < -0.4 is 0 Å². The maximum atomic E-state index is 11.0. The minimum absolute atomic E-state index is 0.153. The van der Waals surface area contributed by atoms with Gasteiger partial charge in [-0.15, -0.1) is 0 Å². The molecule has 0 amide bonds. The summed E-state index contributed by atoms with van der Waals surface area (Å²) < 4.78 is 6.16. The number of hydrogen-bond acceptors (Lipinski definition) is 4. The van der Waals surface area contributed by atoms with E-state index in [1.807, 2.05) is 24.5 Å². The monoisotopic (exact) mass is 304 g/mol. The van der Waals surface area contributed by atoms with Gasteiger partial charge in [0.05, 0.1) is 18.1 Å². The lowest BCUT2D eigenvalue weighted by Gasteiger charge is -2.31. The van der Waals surface area contributed by atoms with Gasteiger partial charge in [-0.3, -0.25) is 9.78 Å². The van der Waals surface area contributed by atoms with Crippen LogP contribution >= 0.6 is 0 Å². The first kappa shape index (κ1) is 15.4. The normalized spacial score (nSPS) is 27.1. The van der Waals surface area contributed by atoms with Gasteiger partial charge >= 0.3 is 5.97 Å². The van der Waals surface area contributed by atoms with Gasteiger partial charge in [-0.2, -0.15) is 0 Å². The average Bonchev–Trinajstić information content (AvgIpc) is 2.96. The van der Waals surface area contributed by atoms with Crippen LogP contribution in [0.4, 0.5) is 0 Å². The molecule has 0 radical (unpaired) electrons. The number of likely N-dealkylation sites (tertiary alicyclic amines) is 1. The van der Waals surface area contributed by atoms with Crippen LogP contribution in [0.5, 0.6) is 0 Å². The van der Waals surface area contributed by atoms with Crippen molar-refractivity contribution in [3.63, 3.8) is 0 Å². The summed E-state index contributed by atoms with van der Waals surface area (Å²) in [6.45, 7) is 2.71. The van der Waals surface area contributed by atoms with Gasteiger partial charge in [-0.1, -0.05) is 0 Å². The highest BCUT2D eigenvalue weighted by Gasteiger charge is 2.30. The minimum Gasteiger partial charge on any atom is -0.481 e. The van der Waals surface area contributed by atoms with E-state index in [1.165, 1.54) is 5.56 Å². The van der Waals surface area contributed by atoms with Crippen LogP contribution in [0.1, 0.15) is 31.2 Å². The van der Waals surface area contributed by atoms with Crippen molar-refractivity contribution in [1.29, 1.82) is 0 Å². The first-order valence-corrected chi connectivity index (χ1v) is 8.20. The zero-order valence-electron chi connectivity index (χ0n) is 12.9. The fourth-order valence-electron chi connectivity index (χ4n) is 3.50. The Bertz CT molecular complexity index is 486. The van der Waals surface area contributed by atoms with Gasteiger partial charge in [0, 0.05) is 18.9 Å². The molecule has 2 aliphatic rings. The minimum atomic E-state index is -0.644. The predicted octanol–water partition coefficient (Wildman–Crippen LogP) is 1.97. The van der Waals surface area contributed by atoms with Crippen molar-refractivity contribution in [2.24, 2.45) is 5.92 Å². The van der Waals surface area contributed by atoms with Crippen molar-refractivity contribution >= 4 is 5.97 Å². The van der Waals surface area contributed by atoms with E-state index in [4.69, 9.17) is 9.84 Å². The zero-order valence-corrected chi connectivity index (χ0v) is 12.9. The third-order valence-electron chi connectivity index (χ3n) is 4.81. The van der Waals surface area contributed by atoms with E-state index in [0.717, 1.165) is 51.7 Å². The van der Waals surface area contributed by atoms with Gasteiger partial charge in [0.25, 0.3) is 0 Å². The number of carboxylic acid groups (broad SMARTS) is 1. The topological polar surface area (TPSA) is 62.7 Å². The van der Waals surface area contributed by atoms with Gasteiger partial charge in [-0.25, -0.2) is 0 Å². The molecule has 2 atom stereocenters. The lowest BCUT2D eigenvalue weighted by atomic mass is 9.97. The fraction of sp³-hybridized carbons (Fsp3) is 0.647. The highest BCUT2D eigenvalue weighted by Crippen LogP contribution is 2.25. The molecule has 1 aromatic heterocycles. The molecule has 0 unspecified atom stereocenters. The van der Waals surface area contributed by atoms with Crippen LogP contribution in [0.3, 0.4) is 0 Å². The quantitative estimate of drug-likeness (QED) is 0.901. The number of ether oxygens (including phenoxy) is 1. The summed E-state index contributed by atoms with van der Waals surface area (Å²) in [5.41, 5.74) is 1.28. The van der Waals surface area contributed by atoms with Crippen molar-refractivity contribution in [3.8, 4) is 0 Å². The lowest BCUT2D eigenvalue weighted by molar-refractivity contribution is -0.143. The van der Waals surface area contributed by atoms with Gasteiger partial charge in [-0.05, 0) is 62.9 Å². The first-order chi connectivity index (χ1) is 10.7. The standard InChI is InChI=1S/C17H24N2O3/c20-17(21)14-5-9-19(10-6-14)12-16-2-1-15(22-16)11-13-3-7-18-8-4-13/h3-4,7-8,14-16H,1-2,5-6,9-12H2,(H,20,21)/t15-,16+/m0/s1. The summed E-state index contributed by atoms with van der Waals surface area (Å²) in [4.78, 5) is 17.4. The third kappa shape index (κ3) is 4.05. The maximum Gasteiger partial charge on any atom is 0.306 e. The second-order valence-electron chi connectivity index (χ2n) is 6.43. The molecule has 2 fully saturated rings. The molecule has 5 heteroatoms. The molecular formula is C17H24N2O3. The molecule has 2 aliphatic heterocycles. The van der Waals surface area contributed by atoms with Crippen molar-refractivity contribution in [2.75, 3.05) is 19.6 Å². The van der Waals surface area contributed by atoms with Crippen molar-refractivity contribution in [3.05, 3.63) is 30.1 Å². The molecule has 1 N–H and O–H groups in total. The molecular weight excluding hydrogens is 280 g/mol. The van der Waals surface area contributed by atoms with Gasteiger partial charge < -0.3 is 14.7 Å². The molecule has 1 aromatic rings. The van der Waals surface area contributed by atoms with Crippen LogP contribution in [-0.2, 0) is 16.0 Å². The van der Waals surface area contributed by atoms with E-state index < -0.39 is 5.97 Å². The summed E-state index contributed by atoms with van der Waals surface area (Å²) in [5, 5.41) is 9.04. The highest BCUT2D eigenvalue weighted by atomic mass is 16.5. The third-order valence-corrected chi connectivity index (χ3v) is 4.81. The molecule has 3 heterocycles.